The number of nitrogens with one attached hydrogen (secondary N) is 1. The highest BCUT2D eigenvalue weighted by Crippen LogP contribution is 2.33. The molecule has 3 rings (SSSR count). The van der Waals surface area contributed by atoms with E-state index in [1.807, 2.05) is 30.3 Å². The van der Waals surface area contributed by atoms with Crippen molar-refractivity contribution in [1.29, 1.82) is 0 Å². The number of rotatable bonds is 4. The van der Waals surface area contributed by atoms with Gasteiger partial charge in [0.25, 0.3) is 0 Å². The molecule has 1 N–H and O–H groups in total. The van der Waals surface area contributed by atoms with Gasteiger partial charge in [-0.3, -0.25) is 9.59 Å². The van der Waals surface area contributed by atoms with Gasteiger partial charge in [-0.05, 0) is 24.8 Å². The summed E-state index contributed by atoms with van der Waals surface area (Å²) in [6, 6.07) is 8.57. The van der Waals surface area contributed by atoms with E-state index in [4.69, 9.17) is 0 Å². The summed E-state index contributed by atoms with van der Waals surface area (Å²) in [7, 11) is 0. The van der Waals surface area contributed by atoms with Gasteiger partial charge in [-0.15, -0.1) is 0 Å². The number of carbonyl (C=O) groups is 2. The van der Waals surface area contributed by atoms with Gasteiger partial charge in [0, 0.05) is 6.54 Å². The molecule has 4 nitrogen and oxygen atoms in total. The molecule has 1 aliphatic heterocycles. The zero-order chi connectivity index (χ0) is 14.1. The molecule has 4 heteroatoms. The van der Waals surface area contributed by atoms with Crippen molar-refractivity contribution in [2.45, 2.75) is 38.3 Å². The molecule has 106 valence electrons. The van der Waals surface area contributed by atoms with Crippen LogP contribution in [0.15, 0.2) is 30.3 Å². The van der Waals surface area contributed by atoms with Gasteiger partial charge in [-0.25, -0.2) is 0 Å². The highest BCUT2D eigenvalue weighted by molar-refractivity contribution is 5.97. The van der Waals surface area contributed by atoms with Gasteiger partial charge < -0.3 is 10.2 Å². The van der Waals surface area contributed by atoms with E-state index in [2.05, 4.69) is 5.32 Å². The molecule has 2 atom stereocenters. The summed E-state index contributed by atoms with van der Waals surface area (Å²) in [6.07, 6.45) is 3.56. The molecule has 0 aromatic heterocycles. The van der Waals surface area contributed by atoms with Crippen LogP contribution in [0.25, 0.3) is 0 Å². The third kappa shape index (κ3) is 2.55. The molecule has 2 aliphatic rings. The van der Waals surface area contributed by atoms with Gasteiger partial charge in [0.05, 0.1) is 0 Å². The van der Waals surface area contributed by atoms with E-state index in [9.17, 15) is 9.59 Å². The normalized spacial score (nSPS) is 26.6. The topological polar surface area (TPSA) is 49.4 Å². The summed E-state index contributed by atoms with van der Waals surface area (Å²) in [5, 5.41) is 2.84. The van der Waals surface area contributed by atoms with Gasteiger partial charge in [0.2, 0.25) is 11.8 Å². The number of hydrogen-bond acceptors (Lipinski definition) is 2. The zero-order valence-electron chi connectivity index (χ0n) is 11.7. The lowest BCUT2D eigenvalue weighted by molar-refractivity contribution is -0.148. The van der Waals surface area contributed by atoms with Crippen LogP contribution in [-0.2, 0) is 9.59 Å². The van der Waals surface area contributed by atoms with Crippen molar-refractivity contribution in [1.82, 2.24) is 10.2 Å². The lowest BCUT2D eigenvalue weighted by atomic mass is 10.0. The third-order valence-corrected chi connectivity index (χ3v) is 4.27. The molecule has 2 amide bonds. The van der Waals surface area contributed by atoms with Crippen molar-refractivity contribution in [2.75, 3.05) is 6.54 Å². The monoisotopic (exact) mass is 272 g/mol. The molecular weight excluding hydrogens is 252 g/mol. The van der Waals surface area contributed by atoms with Gasteiger partial charge in [0.15, 0.2) is 0 Å². The summed E-state index contributed by atoms with van der Waals surface area (Å²) in [4.78, 5) is 26.5. The highest BCUT2D eigenvalue weighted by Gasteiger charge is 2.39. The van der Waals surface area contributed by atoms with Crippen molar-refractivity contribution < 1.29 is 9.59 Å². The van der Waals surface area contributed by atoms with Gasteiger partial charge >= 0.3 is 0 Å². The Morgan fingerprint density at radius 2 is 1.90 bits per heavy atom. The van der Waals surface area contributed by atoms with E-state index in [-0.39, 0.29) is 17.9 Å². The Morgan fingerprint density at radius 3 is 2.55 bits per heavy atom. The predicted octanol–water partition coefficient (Wildman–Crippen LogP) is 1.87. The number of benzene rings is 1. The fraction of sp³-hybridized carbons (Fsp3) is 0.500. The van der Waals surface area contributed by atoms with Crippen molar-refractivity contribution in [3.8, 4) is 0 Å². The molecule has 20 heavy (non-hydrogen) atoms. The molecule has 1 saturated heterocycles. The fourth-order valence-electron chi connectivity index (χ4n) is 2.73. The summed E-state index contributed by atoms with van der Waals surface area (Å²) >= 11 is 0. The second-order valence-electron chi connectivity index (χ2n) is 5.79. The van der Waals surface area contributed by atoms with Crippen LogP contribution >= 0.6 is 0 Å². The Labute approximate surface area is 119 Å². The summed E-state index contributed by atoms with van der Waals surface area (Å²) in [6.45, 7) is 2.50. The van der Waals surface area contributed by atoms with E-state index in [0.717, 1.165) is 17.9 Å². The van der Waals surface area contributed by atoms with Gasteiger partial charge in [0.1, 0.15) is 12.1 Å². The second kappa shape index (κ2) is 5.27. The Kier molecular flexibility index (Phi) is 3.47. The first-order chi connectivity index (χ1) is 9.66. The largest absolute Gasteiger partial charge is 0.339 e. The van der Waals surface area contributed by atoms with E-state index < -0.39 is 6.04 Å². The quantitative estimate of drug-likeness (QED) is 0.909. The molecule has 1 aromatic rings. The first-order valence-electron chi connectivity index (χ1n) is 7.32. The Morgan fingerprint density at radius 1 is 1.20 bits per heavy atom. The molecule has 2 fully saturated rings. The first-order valence-corrected chi connectivity index (χ1v) is 7.32. The molecular formula is C16H20N2O2. The molecule has 2 unspecified atom stereocenters. The van der Waals surface area contributed by atoms with E-state index in [1.165, 1.54) is 12.8 Å². The Hall–Kier alpha value is -1.84. The number of amides is 2. The minimum atomic E-state index is -0.529. The molecule has 0 bridgehead atoms. The van der Waals surface area contributed by atoms with Crippen molar-refractivity contribution >= 4 is 11.8 Å². The maximum atomic E-state index is 12.6. The highest BCUT2D eigenvalue weighted by atomic mass is 16.2. The predicted molar refractivity (Wildman–Crippen MR) is 75.8 cm³/mol. The molecule has 1 aromatic carbocycles. The van der Waals surface area contributed by atoms with Crippen LogP contribution in [0.1, 0.15) is 37.8 Å². The lowest BCUT2D eigenvalue weighted by Gasteiger charge is -2.37. The van der Waals surface area contributed by atoms with Crippen LogP contribution < -0.4 is 5.32 Å². The number of piperazine rings is 1. The molecule has 1 aliphatic carbocycles. The Bertz CT molecular complexity index is 510. The van der Waals surface area contributed by atoms with Crippen molar-refractivity contribution in [3.63, 3.8) is 0 Å². The SMILES string of the molecule is CC1C(=O)NC(c2ccccc2)C(=O)N1CCC1CC1. The van der Waals surface area contributed by atoms with E-state index >= 15 is 0 Å². The Balaban J connectivity index is 1.78. The maximum Gasteiger partial charge on any atom is 0.250 e. The van der Waals surface area contributed by atoms with Crippen LogP contribution in [0, 0.1) is 5.92 Å². The number of nitrogens with zero attached hydrogens (tertiary/aromatic N) is 1. The minimum absolute atomic E-state index is 0.0175. The van der Waals surface area contributed by atoms with Crippen LogP contribution in [0.5, 0.6) is 0 Å². The molecule has 1 heterocycles. The van der Waals surface area contributed by atoms with Crippen LogP contribution in [0.3, 0.4) is 0 Å². The molecule has 0 spiro atoms. The molecule has 1 saturated carbocycles. The lowest BCUT2D eigenvalue weighted by Crippen LogP contribution is -2.58. The van der Waals surface area contributed by atoms with Gasteiger partial charge in [-0.2, -0.15) is 0 Å². The van der Waals surface area contributed by atoms with Gasteiger partial charge in [-0.1, -0.05) is 43.2 Å². The first kappa shape index (κ1) is 13.2. The second-order valence-corrected chi connectivity index (χ2v) is 5.79. The van der Waals surface area contributed by atoms with E-state index in [0.29, 0.717) is 6.54 Å². The average molecular weight is 272 g/mol. The number of carbonyl (C=O) groups excluding carboxylic acids is 2. The average Bonchev–Trinajstić information content (AvgIpc) is 3.28. The van der Waals surface area contributed by atoms with Crippen LogP contribution in [-0.4, -0.2) is 29.3 Å². The smallest absolute Gasteiger partial charge is 0.250 e. The van der Waals surface area contributed by atoms with Crippen molar-refractivity contribution in [3.05, 3.63) is 35.9 Å². The summed E-state index contributed by atoms with van der Waals surface area (Å²) < 4.78 is 0. The third-order valence-electron chi connectivity index (χ3n) is 4.27. The maximum absolute atomic E-state index is 12.6. The summed E-state index contributed by atoms with van der Waals surface area (Å²) in [5.41, 5.74) is 0.856. The van der Waals surface area contributed by atoms with Crippen molar-refractivity contribution in [2.24, 2.45) is 5.92 Å². The standard InChI is InChI=1S/C16H20N2O2/c1-11-15(19)17-14(13-5-3-2-4-6-13)16(20)18(11)10-9-12-7-8-12/h2-6,11-12,14H,7-10H2,1H3,(H,17,19). The van der Waals surface area contributed by atoms with Crippen LogP contribution in [0.4, 0.5) is 0 Å². The summed E-state index contributed by atoms with van der Waals surface area (Å²) in [5.74, 6) is 0.716. The zero-order valence-corrected chi connectivity index (χ0v) is 11.7. The fourth-order valence-corrected chi connectivity index (χ4v) is 2.73. The van der Waals surface area contributed by atoms with Crippen LogP contribution in [0.2, 0.25) is 0 Å². The minimum Gasteiger partial charge on any atom is -0.339 e. The number of hydrogen-bond donors (Lipinski definition) is 1. The molecule has 0 radical (unpaired) electrons. The van der Waals surface area contributed by atoms with E-state index in [1.54, 1.807) is 11.8 Å².